The van der Waals surface area contributed by atoms with Crippen LogP contribution in [0, 0.1) is 10.1 Å². The van der Waals surface area contributed by atoms with Gasteiger partial charge in [0, 0.05) is 18.1 Å². The van der Waals surface area contributed by atoms with Gasteiger partial charge in [0.15, 0.2) is 11.5 Å². The summed E-state index contributed by atoms with van der Waals surface area (Å²) < 4.78 is 16.1. The van der Waals surface area contributed by atoms with Crippen LogP contribution in [0.3, 0.4) is 0 Å². The Hall–Kier alpha value is -4.40. The third-order valence-corrected chi connectivity index (χ3v) is 5.63. The molecule has 1 heterocycles. The van der Waals surface area contributed by atoms with Crippen LogP contribution in [0.4, 0.5) is 5.69 Å². The Balaban J connectivity index is 1.83. The summed E-state index contributed by atoms with van der Waals surface area (Å²) in [6.45, 7) is 0. The molecule has 0 aromatic heterocycles. The molecular weight excluding hydrogens is 438 g/mol. The molecule has 4 rings (SSSR count). The molecule has 3 aromatic carbocycles. The van der Waals surface area contributed by atoms with Crippen LogP contribution >= 0.6 is 0 Å². The van der Waals surface area contributed by atoms with E-state index in [0.717, 1.165) is 5.56 Å². The molecule has 0 unspecified atom stereocenters. The van der Waals surface area contributed by atoms with Gasteiger partial charge in [-0.05, 0) is 23.8 Å². The fraction of sp³-hybridized carbons (Fsp3) is 0.200. The zero-order chi connectivity index (χ0) is 24.2. The monoisotopic (exact) mass is 461 g/mol. The molecule has 1 amide bonds. The van der Waals surface area contributed by atoms with E-state index in [9.17, 15) is 14.9 Å². The lowest BCUT2D eigenvalue weighted by Gasteiger charge is -2.23. The first-order chi connectivity index (χ1) is 16.5. The Morgan fingerprint density at radius 1 is 0.971 bits per heavy atom. The van der Waals surface area contributed by atoms with Crippen molar-refractivity contribution in [3.63, 3.8) is 0 Å². The van der Waals surface area contributed by atoms with Crippen LogP contribution in [0.15, 0.2) is 71.8 Å². The van der Waals surface area contributed by atoms with Crippen molar-refractivity contribution in [1.29, 1.82) is 0 Å². The van der Waals surface area contributed by atoms with E-state index in [1.54, 1.807) is 18.2 Å². The van der Waals surface area contributed by atoms with E-state index in [1.807, 2.05) is 30.3 Å². The van der Waals surface area contributed by atoms with Crippen molar-refractivity contribution >= 4 is 17.3 Å². The lowest BCUT2D eigenvalue weighted by atomic mass is 9.97. The maximum Gasteiger partial charge on any atom is 0.274 e. The molecule has 0 aliphatic carbocycles. The average Bonchev–Trinajstić information content (AvgIpc) is 3.33. The summed E-state index contributed by atoms with van der Waals surface area (Å²) in [7, 11) is 4.40. The molecule has 174 valence electrons. The predicted octanol–water partition coefficient (Wildman–Crippen LogP) is 4.61. The van der Waals surface area contributed by atoms with E-state index in [-0.39, 0.29) is 11.3 Å². The Morgan fingerprint density at radius 3 is 2.18 bits per heavy atom. The van der Waals surface area contributed by atoms with Gasteiger partial charge in [-0.15, -0.1) is 0 Å². The van der Waals surface area contributed by atoms with Gasteiger partial charge in [-0.1, -0.05) is 42.5 Å². The van der Waals surface area contributed by atoms with Crippen LogP contribution in [0.25, 0.3) is 0 Å². The van der Waals surface area contributed by atoms with E-state index < -0.39 is 16.9 Å². The minimum atomic E-state index is -0.664. The van der Waals surface area contributed by atoms with Gasteiger partial charge in [-0.25, -0.2) is 5.01 Å². The fourth-order valence-electron chi connectivity index (χ4n) is 4.02. The van der Waals surface area contributed by atoms with Crippen molar-refractivity contribution in [2.75, 3.05) is 21.3 Å². The van der Waals surface area contributed by atoms with E-state index >= 15 is 0 Å². The van der Waals surface area contributed by atoms with Crippen molar-refractivity contribution in [3.05, 3.63) is 93.5 Å². The third kappa shape index (κ3) is 4.15. The summed E-state index contributed by atoms with van der Waals surface area (Å²) in [5, 5.41) is 17.6. The molecule has 0 saturated heterocycles. The number of rotatable bonds is 7. The van der Waals surface area contributed by atoms with Gasteiger partial charge in [0.1, 0.15) is 0 Å². The molecule has 0 N–H and O–H groups in total. The predicted molar refractivity (Wildman–Crippen MR) is 126 cm³/mol. The number of nitro groups is 1. The number of carbonyl (C=O) groups excluding carboxylic acids is 1. The highest BCUT2D eigenvalue weighted by molar-refractivity contribution is 6.05. The summed E-state index contributed by atoms with van der Waals surface area (Å²) >= 11 is 0. The van der Waals surface area contributed by atoms with Crippen molar-refractivity contribution in [2.24, 2.45) is 5.10 Å². The maximum atomic E-state index is 13.7. The Labute approximate surface area is 196 Å². The number of hydrogen-bond acceptors (Lipinski definition) is 7. The van der Waals surface area contributed by atoms with Crippen molar-refractivity contribution in [3.8, 4) is 17.2 Å². The average molecular weight is 461 g/mol. The molecule has 0 bridgehead atoms. The first kappa shape index (κ1) is 22.8. The first-order valence-electron chi connectivity index (χ1n) is 10.5. The van der Waals surface area contributed by atoms with Crippen LogP contribution in [0.5, 0.6) is 17.2 Å². The third-order valence-electron chi connectivity index (χ3n) is 5.63. The number of amides is 1. The maximum absolute atomic E-state index is 13.7. The number of benzene rings is 3. The summed E-state index contributed by atoms with van der Waals surface area (Å²) in [6, 6.07) is 18.2. The first-order valence-corrected chi connectivity index (χ1v) is 10.5. The van der Waals surface area contributed by atoms with Crippen LogP contribution in [-0.2, 0) is 0 Å². The second kappa shape index (κ2) is 9.62. The molecule has 9 heteroatoms. The molecule has 1 aliphatic rings. The highest BCUT2D eigenvalue weighted by atomic mass is 16.6. The number of hydrogen-bond donors (Lipinski definition) is 0. The second-order valence-electron chi connectivity index (χ2n) is 7.51. The highest BCUT2D eigenvalue weighted by Crippen LogP contribution is 2.41. The van der Waals surface area contributed by atoms with Gasteiger partial charge in [-0.3, -0.25) is 14.9 Å². The molecule has 0 radical (unpaired) electrons. The Morgan fingerprint density at radius 2 is 1.59 bits per heavy atom. The van der Waals surface area contributed by atoms with E-state index in [0.29, 0.717) is 34.9 Å². The zero-order valence-electron chi connectivity index (χ0n) is 18.9. The molecule has 1 atom stereocenters. The Kier molecular flexibility index (Phi) is 6.44. The van der Waals surface area contributed by atoms with Crippen molar-refractivity contribution < 1.29 is 23.9 Å². The SMILES string of the molecule is COc1cc(C(=O)N2N=C(c3ccccc3)C[C@H]2c2ccccc2[N+](=O)[O-])cc(OC)c1OC. The van der Waals surface area contributed by atoms with Gasteiger partial charge in [0.05, 0.1) is 43.6 Å². The van der Waals surface area contributed by atoms with Crippen LogP contribution in [0.1, 0.15) is 33.9 Å². The summed E-state index contributed by atoms with van der Waals surface area (Å²) in [5.74, 6) is 0.540. The number of nitro benzene ring substituents is 1. The number of methoxy groups -OCH3 is 3. The van der Waals surface area contributed by atoms with Crippen LogP contribution in [0.2, 0.25) is 0 Å². The minimum absolute atomic E-state index is 0.0697. The normalized spacial score (nSPS) is 15.0. The number of hydrazone groups is 1. The Bertz CT molecular complexity index is 1230. The molecule has 0 spiro atoms. The summed E-state index contributed by atoms with van der Waals surface area (Å²) in [4.78, 5) is 25.0. The highest BCUT2D eigenvalue weighted by Gasteiger charge is 2.37. The van der Waals surface area contributed by atoms with Gasteiger partial charge < -0.3 is 14.2 Å². The topological polar surface area (TPSA) is 104 Å². The van der Waals surface area contributed by atoms with Crippen molar-refractivity contribution in [1.82, 2.24) is 5.01 Å². The molecule has 34 heavy (non-hydrogen) atoms. The molecule has 9 nitrogen and oxygen atoms in total. The molecule has 0 saturated carbocycles. The van der Waals surface area contributed by atoms with Gasteiger partial charge >= 0.3 is 0 Å². The lowest BCUT2D eigenvalue weighted by Crippen LogP contribution is -2.27. The largest absolute Gasteiger partial charge is 0.493 e. The van der Waals surface area contributed by atoms with Gasteiger partial charge in [0.2, 0.25) is 5.75 Å². The lowest BCUT2D eigenvalue weighted by molar-refractivity contribution is -0.385. The number of carbonyl (C=O) groups is 1. The van der Waals surface area contributed by atoms with E-state index in [4.69, 9.17) is 14.2 Å². The van der Waals surface area contributed by atoms with Crippen LogP contribution < -0.4 is 14.2 Å². The summed E-state index contributed by atoms with van der Waals surface area (Å²) in [6.07, 6.45) is 0.324. The summed E-state index contributed by atoms with van der Waals surface area (Å²) in [5.41, 5.74) is 2.08. The van der Waals surface area contributed by atoms with Crippen LogP contribution in [-0.4, -0.2) is 42.9 Å². The second-order valence-corrected chi connectivity index (χ2v) is 7.51. The number of ether oxygens (including phenoxy) is 3. The smallest absolute Gasteiger partial charge is 0.274 e. The van der Waals surface area contributed by atoms with E-state index in [1.165, 1.54) is 44.5 Å². The van der Waals surface area contributed by atoms with Crippen molar-refractivity contribution in [2.45, 2.75) is 12.5 Å². The fourth-order valence-corrected chi connectivity index (χ4v) is 4.02. The quantitative estimate of drug-likeness (QED) is 0.376. The molecule has 3 aromatic rings. The molecule has 1 aliphatic heterocycles. The zero-order valence-corrected chi connectivity index (χ0v) is 18.9. The minimum Gasteiger partial charge on any atom is -0.493 e. The molecule has 0 fully saturated rings. The van der Waals surface area contributed by atoms with E-state index in [2.05, 4.69) is 5.10 Å². The number of para-hydroxylation sites is 1. The molecular formula is C25H23N3O6. The standard InChI is InChI=1S/C25H23N3O6/c1-32-22-13-17(14-23(33-2)24(22)34-3)25(29)27-21(18-11-7-8-12-20(18)28(30)31)15-19(26-27)16-9-5-4-6-10-16/h4-14,21H,15H2,1-3H3/t21-/m0/s1. The van der Waals surface area contributed by atoms with Gasteiger partial charge in [0.25, 0.3) is 11.6 Å². The number of nitrogens with zero attached hydrogens (tertiary/aromatic N) is 3. The van der Waals surface area contributed by atoms with Gasteiger partial charge in [-0.2, -0.15) is 5.10 Å².